The van der Waals surface area contributed by atoms with Crippen molar-refractivity contribution >= 4 is 39.1 Å². The van der Waals surface area contributed by atoms with Gasteiger partial charge in [0, 0.05) is 4.47 Å². The van der Waals surface area contributed by atoms with Crippen LogP contribution in [0.1, 0.15) is 20.9 Å². The van der Waals surface area contributed by atoms with Crippen LogP contribution in [0.3, 0.4) is 0 Å². The van der Waals surface area contributed by atoms with Crippen LogP contribution in [-0.2, 0) is 4.79 Å². The number of amides is 1. The molecular weight excluding hydrogens is 326 g/mol. The fourth-order valence-corrected chi connectivity index (χ4v) is 2.45. The molecule has 20 heavy (non-hydrogen) atoms. The van der Waals surface area contributed by atoms with Crippen LogP contribution >= 0.6 is 15.9 Å². The Morgan fingerprint density at radius 2 is 2.05 bits per heavy atom. The van der Waals surface area contributed by atoms with Gasteiger partial charge in [-0.2, -0.15) is 0 Å². The highest BCUT2D eigenvalue weighted by atomic mass is 79.9. The van der Waals surface area contributed by atoms with Crippen molar-refractivity contribution in [1.29, 1.82) is 0 Å². The molecule has 0 aliphatic carbocycles. The number of fused-ring (bicyclic) bond motifs is 1. The summed E-state index contributed by atoms with van der Waals surface area (Å²) < 4.78 is 5.70. The number of rotatable bonds is 3. The molecule has 1 aromatic heterocycles. The lowest BCUT2D eigenvalue weighted by Gasteiger charge is -2.14. The van der Waals surface area contributed by atoms with E-state index in [2.05, 4.69) is 15.9 Å². The lowest BCUT2D eigenvalue weighted by atomic mass is 10.1. The van der Waals surface area contributed by atoms with Crippen molar-refractivity contribution < 1.29 is 18.8 Å². The average molecular weight is 334 g/mol. The van der Waals surface area contributed by atoms with E-state index in [1.807, 2.05) is 0 Å². The molecule has 1 amide bonds. The Morgan fingerprint density at radius 1 is 1.25 bits per heavy atom. The van der Waals surface area contributed by atoms with E-state index in [4.69, 9.17) is 4.42 Å². The third-order valence-corrected chi connectivity index (χ3v) is 3.52. The van der Waals surface area contributed by atoms with Gasteiger partial charge in [-0.3, -0.25) is 19.3 Å². The highest BCUT2D eigenvalue weighted by molar-refractivity contribution is 9.10. The van der Waals surface area contributed by atoms with Gasteiger partial charge in [0.2, 0.25) is 5.78 Å². The average Bonchev–Trinajstić information content (AvgIpc) is 3.03. The number of nitrogens with zero attached hydrogens (tertiary/aromatic N) is 1. The molecule has 3 rings (SSSR count). The van der Waals surface area contributed by atoms with Crippen LogP contribution in [0.25, 0.3) is 0 Å². The summed E-state index contributed by atoms with van der Waals surface area (Å²) in [6.45, 7) is -0.216. The fraction of sp³-hybridized carbons (Fsp3) is 0.0714. The first-order chi connectivity index (χ1) is 9.58. The van der Waals surface area contributed by atoms with E-state index in [1.54, 1.807) is 24.3 Å². The topological polar surface area (TPSA) is 67.6 Å². The summed E-state index contributed by atoms with van der Waals surface area (Å²) >= 11 is 3.25. The van der Waals surface area contributed by atoms with Gasteiger partial charge in [0.25, 0.3) is 11.7 Å². The van der Waals surface area contributed by atoms with Gasteiger partial charge < -0.3 is 4.42 Å². The number of hydrogen-bond donors (Lipinski definition) is 0. The maximum absolute atomic E-state index is 12.0. The molecule has 0 saturated carbocycles. The quantitative estimate of drug-likeness (QED) is 0.639. The third-order valence-electron chi connectivity index (χ3n) is 3.03. The standard InChI is InChI=1S/C14H8BrNO4/c15-8-3-4-10-9(6-8)13(18)14(19)16(10)7-11(17)12-2-1-5-20-12/h1-6H,7H2. The molecule has 0 N–H and O–H groups in total. The normalized spacial score (nSPS) is 13.8. The molecule has 5 nitrogen and oxygen atoms in total. The van der Waals surface area contributed by atoms with Crippen molar-refractivity contribution in [3.05, 3.63) is 52.4 Å². The van der Waals surface area contributed by atoms with Crippen molar-refractivity contribution in [2.45, 2.75) is 0 Å². The number of benzene rings is 1. The van der Waals surface area contributed by atoms with Crippen molar-refractivity contribution in [3.63, 3.8) is 0 Å². The van der Waals surface area contributed by atoms with E-state index in [9.17, 15) is 14.4 Å². The van der Waals surface area contributed by atoms with Gasteiger partial charge in [0.1, 0.15) is 0 Å². The van der Waals surface area contributed by atoms with Crippen molar-refractivity contribution in [1.82, 2.24) is 0 Å². The minimum atomic E-state index is -0.696. The zero-order valence-electron chi connectivity index (χ0n) is 10.1. The van der Waals surface area contributed by atoms with E-state index in [0.717, 1.165) is 0 Å². The second-order valence-electron chi connectivity index (χ2n) is 4.28. The van der Waals surface area contributed by atoms with E-state index in [0.29, 0.717) is 15.7 Å². The minimum absolute atomic E-state index is 0.163. The molecular formula is C14H8BrNO4. The maximum Gasteiger partial charge on any atom is 0.299 e. The van der Waals surface area contributed by atoms with Crippen LogP contribution in [0.4, 0.5) is 5.69 Å². The van der Waals surface area contributed by atoms with E-state index >= 15 is 0 Å². The first-order valence-electron chi connectivity index (χ1n) is 5.80. The van der Waals surface area contributed by atoms with Crippen LogP contribution in [0.15, 0.2) is 45.5 Å². The summed E-state index contributed by atoms with van der Waals surface area (Å²) in [6.07, 6.45) is 1.38. The largest absolute Gasteiger partial charge is 0.461 e. The SMILES string of the molecule is O=C(CN1C(=O)C(=O)c2cc(Br)ccc21)c1ccco1. The number of ketones is 2. The summed E-state index contributed by atoms with van der Waals surface area (Å²) in [6, 6.07) is 8.04. The highest BCUT2D eigenvalue weighted by Gasteiger charge is 2.37. The lowest BCUT2D eigenvalue weighted by Crippen LogP contribution is -2.34. The zero-order valence-corrected chi connectivity index (χ0v) is 11.7. The van der Waals surface area contributed by atoms with Crippen LogP contribution in [0.2, 0.25) is 0 Å². The van der Waals surface area contributed by atoms with Gasteiger partial charge in [-0.1, -0.05) is 15.9 Å². The predicted octanol–water partition coefficient (Wildman–Crippen LogP) is 2.45. The first-order valence-corrected chi connectivity index (χ1v) is 6.59. The van der Waals surface area contributed by atoms with Crippen LogP contribution in [0, 0.1) is 0 Å². The number of Topliss-reactive ketones (excluding diaryl/α,β-unsaturated/α-hetero) is 2. The number of carbonyl (C=O) groups excluding carboxylic acids is 3. The molecule has 0 atom stereocenters. The van der Waals surface area contributed by atoms with Crippen LogP contribution in [-0.4, -0.2) is 24.0 Å². The first kappa shape index (κ1) is 12.8. The monoisotopic (exact) mass is 333 g/mol. The molecule has 0 bridgehead atoms. The smallest absolute Gasteiger partial charge is 0.299 e. The Bertz CT molecular complexity index is 721. The molecule has 2 aromatic rings. The molecule has 0 spiro atoms. The number of furan rings is 1. The summed E-state index contributed by atoms with van der Waals surface area (Å²) in [7, 11) is 0. The Hall–Kier alpha value is -2.21. The van der Waals surface area contributed by atoms with Gasteiger partial charge in [-0.15, -0.1) is 0 Å². The van der Waals surface area contributed by atoms with Crippen LogP contribution in [0.5, 0.6) is 0 Å². The van der Waals surface area contributed by atoms with Gasteiger partial charge in [0.15, 0.2) is 5.76 Å². The molecule has 0 saturated heterocycles. The van der Waals surface area contributed by atoms with E-state index < -0.39 is 11.7 Å². The highest BCUT2D eigenvalue weighted by Crippen LogP contribution is 2.31. The summed E-state index contributed by atoms with van der Waals surface area (Å²) in [5, 5.41) is 0. The van der Waals surface area contributed by atoms with Gasteiger partial charge in [-0.05, 0) is 30.3 Å². The van der Waals surface area contributed by atoms with Crippen LogP contribution < -0.4 is 4.90 Å². The van der Waals surface area contributed by atoms with Crippen molar-refractivity contribution in [2.24, 2.45) is 0 Å². The molecule has 1 aliphatic heterocycles. The minimum Gasteiger partial charge on any atom is -0.461 e. The number of anilines is 1. The van der Waals surface area contributed by atoms with E-state index in [-0.39, 0.29) is 18.1 Å². The molecule has 1 aromatic carbocycles. The summed E-state index contributed by atoms with van der Waals surface area (Å²) in [4.78, 5) is 37.0. The zero-order chi connectivity index (χ0) is 14.3. The van der Waals surface area contributed by atoms with Gasteiger partial charge >= 0.3 is 0 Å². The predicted molar refractivity (Wildman–Crippen MR) is 73.9 cm³/mol. The maximum atomic E-state index is 12.0. The molecule has 1 aliphatic rings. The molecule has 0 fully saturated rings. The molecule has 6 heteroatoms. The fourth-order valence-electron chi connectivity index (χ4n) is 2.09. The number of halogens is 1. The lowest BCUT2D eigenvalue weighted by molar-refractivity contribution is -0.114. The second-order valence-corrected chi connectivity index (χ2v) is 5.20. The Kier molecular flexibility index (Phi) is 3.02. The van der Waals surface area contributed by atoms with Gasteiger partial charge in [-0.25, -0.2) is 0 Å². The molecule has 100 valence electrons. The Labute approximate surface area is 122 Å². The number of hydrogen-bond acceptors (Lipinski definition) is 4. The van der Waals surface area contributed by atoms with Crippen molar-refractivity contribution in [2.75, 3.05) is 11.4 Å². The summed E-state index contributed by atoms with van der Waals surface area (Å²) in [5.74, 6) is -1.49. The third kappa shape index (κ3) is 1.98. The molecule has 0 unspecified atom stereocenters. The van der Waals surface area contributed by atoms with Crippen molar-refractivity contribution in [3.8, 4) is 0 Å². The molecule has 2 heterocycles. The Balaban J connectivity index is 1.94. The summed E-state index contributed by atoms with van der Waals surface area (Å²) in [5.41, 5.74) is 0.750. The molecule has 0 radical (unpaired) electrons. The van der Waals surface area contributed by atoms with E-state index in [1.165, 1.54) is 17.2 Å². The van der Waals surface area contributed by atoms with Gasteiger partial charge in [0.05, 0.1) is 24.1 Å². The number of carbonyl (C=O) groups is 3. The second kappa shape index (κ2) is 4.72. The Morgan fingerprint density at radius 3 is 2.75 bits per heavy atom.